The average molecular weight is 388 g/mol. The Hall–Kier alpha value is -2.22. The first-order valence-electron chi connectivity index (χ1n) is 9.59. The van der Waals surface area contributed by atoms with Gasteiger partial charge in [0.1, 0.15) is 17.7 Å². The summed E-state index contributed by atoms with van der Waals surface area (Å²) in [6.45, 7) is 8.29. The Morgan fingerprint density at radius 3 is 2.67 bits per heavy atom. The Balaban J connectivity index is 1.77. The lowest BCUT2D eigenvalue weighted by atomic mass is 9.97. The van der Waals surface area contributed by atoms with E-state index in [0.29, 0.717) is 5.65 Å². The second kappa shape index (κ2) is 6.74. The van der Waals surface area contributed by atoms with Crippen LogP contribution in [0, 0.1) is 6.92 Å². The van der Waals surface area contributed by atoms with E-state index < -0.39 is 0 Å². The van der Waals surface area contributed by atoms with E-state index in [2.05, 4.69) is 37.8 Å². The third-order valence-corrected chi connectivity index (χ3v) is 6.75. The number of nitrogens with zero attached hydrogens (tertiary/aromatic N) is 5. The Kier molecular flexibility index (Phi) is 4.53. The van der Waals surface area contributed by atoms with Crippen LogP contribution in [-0.2, 0) is 17.8 Å². The highest BCUT2D eigenvalue weighted by Gasteiger charge is 2.29. The molecular weight excluding hydrogens is 362 g/mol. The molecule has 2 atom stereocenters. The highest BCUT2D eigenvalue weighted by molar-refractivity contribution is 7.18. The number of rotatable bonds is 3. The highest BCUT2D eigenvalue weighted by atomic mass is 32.1. The number of thiophene rings is 1. The number of hydrogen-bond acceptors (Lipinski definition) is 5. The summed E-state index contributed by atoms with van der Waals surface area (Å²) in [7, 11) is 0. The number of fused-ring (bicyclic) bond motifs is 3. The number of piperidine rings is 1. The first kappa shape index (κ1) is 18.2. The van der Waals surface area contributed by atoms with Gasteiger partial charge >= 0.3 is 5.69 Å². The minimum atomic E-state index is -0.309. The first-order valence-corrected chi connectivity index (χ1v) is 10.4. The van der Waals surface area contributed by atoms with Gasteiger partial charge in [-0.1, -0.05) is 6.92 Å². The predicted octanol–water partition coefficient (Wildman–Crippen LogP) is 2.77. The fourth-order valence-electron chi connectivity index (χ4n) is 4.34. The van der Waals surface area contributed by atoms with Crippen molar-refractivity contribution in [2.45, 2.75) is 72.0 Å². The maximum Gasteiger partial charge on any atom is 0.352 e. The summed E-state index contributed by atoms with van der Waals surface area (Å²) in [4.78, 5) is 34.2. The number of aromatic nitrogens is 4. The van der Waals surface area contributed by atoms with Gasteiger partial charge < -0.3 is 4.90 Å². The van der Waals surface area contributed by atoms with E-state index in [4.69, 9.17) is 0 Å². The van der Waals surface area contributed by atoms with Crippen LogP contribution in [0.5, 0.6) is 0 Å². The molecule has 1 saturated heterocycles. The molecule has 3 aromatic rings. The second-order valence-corrected chi connectivity index (χ2v) is 8.68. The largest absolute Gasteiger partial charge is 0.352 e. The molecule has 1 fully saturated rings. The van der Waals surface area contributed by atoms with E-state index in [0.717, 1.165) is 35.9 Å². The molecule has 3 aromatic heterocycles. The fraction of sp³-hybridized carbons (Fsp3) is 0.579. The number of aryl methyl sites for hydroxylation is 2. The van der Waals surface area contributed by atoms with Crippen molar-refractivity contribution in [2.24, 2.45) is 0 Å². The van der Waals surface area contributed by atoms with Crippen molar-refractivity contribution in [2.75, 3.05) is 0 Å². The third-order valence-electron chi connectivity index (χ3n) is 5.70. The van der Waals surface area contributed by atoms with Crippen molar-refractivity contribution in [1.29, 1.82) is 0 Å². The number of carbonyl (C=O) groups excluding carboxylic acids is 1. The molecule has 0 N–H and O–H groups in total. The van der Waals surface area contributed by atoms with E-state index in [1.165, 1.54) is 25.9 Å². The van der Waals surface area contributed by atoms with Gasteiger partial charge in [-0.05, 0) is 52.0 Å². The van der Waals surface area contributed by atoms with E-state index in [9.17, 15) is 9.59 Å². The molecule has 1 aliphatic heterocycles. The minimum Gasteiger partial charge on any atom is -0.336 e. The lowest BCUT2D eigenvalue weighted by Gasteiger charge is -2.39. The maximum atomic E-state index is 12.9. The van der Waals surface area contributed by atoms with Crippen LogP contribution in [0.25, 0.3) is 15.9 Å². The van der Waals surface area contributed by atoms with Gasteiger partial charge in [-0.2, -0.15) is 0 Å². The lowest BCUT2D eigenvalue weighted by molar-refractivity contribution is -0.138. The average Bonchev–Trinajstić information content (AvgIpc) is 3.11. The van der Waals surface area contributed by atoms with Gasteiger partial charge in [0.25, 0.3) is 0 Å². The molecule has 27 heavy (non-hydrogen) atoms. The van der Waals surface area contributed by atoms with Crippen LogP contribution in [0.1, 0.15) is 50.5 Å². The summed E-state index contributed by atoms with van der Waals surface area (Å²) < 4.78 is 2.75. The molecule has 0 radical (unpaired) electrons. The molecule has 1 aliphatic rings. The second-order valence-electron chi connectivity index (χ2n) is 7.48. The molecule has 0 spiro atoms. The van der Waals surface area contributed by atoms with Gasteiger partial charge in [-0.3, -0.25) is 4.79 Å². The molecule has 8 heteroatoms. The normalized spacial score (nSPS) is 20.7. The highest BCUT2D eigenvalue weighted by Crippen LogP contribution is 2.31. The SMILES string of the molecule is CCc1c(C)sc2ncn3c(=O)n(CC(=O)N4[C@H](C)CCC[C@H]4C)nc3c12. The molecular formula is C19H25N5O2S. The van der Waals surface area contributed by atoms with E-state index in [1.54, 1.807) is 11.3 Å². The number of likely N-dealkylation sites (tertiary alicyclic amines) is 1. The van der Waals surface area contributed by atoms with Crippen molar-refractivity contribution in [3.63, 3.8) is 0 Å². The first-order chi connectivity index (χ1) is 12.9. The van der Waals surface area contributed by atoms with Gasteiger partial charge in [0.15, 0.2) is 5.65 Å². The molecule has 0 aromatic carbocycles. The van der Waals surface area contributed by atoms with Gasteiger partial charge in [-0.25, -0.2) is 18.9 Å². The predicted molar refractivity (Wildman–Crippen MR) is 106 cm³/mol. The molecule has 0 aliphatic carbocycles. The molecule has 144 valence electrons. The molecule has 7 nitrogen and oxygen atoms in total. The quantitative estimate of drug-likeness (QED) is 0.693. The van der Waals surface area contributed by atoms with Crippen molar-refractivity contribution < 1.29 is 4.79 Å². The Morgan fingerprint density at radius 2 is 2.00 bits per heavy atom. The van der Waals surface area contributed by atoms with Crippen LogP contribution in [-0.4, -0.2) is 42.1 Å². The molecule has 1 amide bonds. The standard InChI is InChI=1S/C19H25N5O2S/c1-5-14-13(4)27-18-16(14)17-21-23(19(26)22(17)10-20-18)9-15(25)24-11(2)7-6-8-12(24)3/h10-12H,5-9H2,1-4H3/t11-,12-/m1/s1. The van der Waals surface area contributed by atoms with Crippen LogP contribution in [0.3, 0.4) is 0 Å². The van der Waals surface area contributed by atoms with Crippen molar-refractivity contribution in [1.82, 2.24) is 24.1 Å². The summed E-state index contributed by atoms with van der Waals surface area (Å²) in [5.41, 5.74) is 1.46. The summed E-state index contributed by atoms with van der Waals surface area (Å²) in [6.07, 6.45) is 5.54. The van der Waals surface area contributed by atoms with E-state index in [-0.39, 0.29) is 30.2 Å². The van der Waals surface area contributed by atoms with Crippen molar-refractivity contribution in [3.8, 4) is 0 Å². The molecule has 4 rings (SSSR count). The fourth-order valence-corrected chi connectivity index (χ4v) is 5.42. The van der Waals surface area contributed by atoms with Crippen LogP contribution in [0.2, 0.25) is 0 Å². The molecule has 4 heterocycles. The van der Waals surface area contributed by atoms with Gasteiger partial charge in [0.2, 0.25) is 5.91 Å². The van der Waals surface area contributed by atoms with Crippen molar-refractivity contribution >= 4 is 33.1 Å². The zero-order valence-electron chi connectivity index (χ0n) is 16.2. The van der Waals surface area contributed by atoms with Gasteiger partial charge in [0, 0.05) is 17.0 Å². The van der Waals surface area contributed by atoms with Crippen LogP contribution >= 0.6 is 11.3 Å². The Bertz CT molecular complexity index is 1070. The van der Waals surface area contributed by atoms with Crippen LogP contribution < -0.4 is 5.69 Å². The minimum absolute atomic E-state index is 0.0265. The van der Waals surface area contributed by atoms with Crippen LogP contribution in [0.15, 0.2) is 11.1 Å². The molecule has 0 unspecified atom stereocenters. The Labute approximate surface area is 161 Å². The van der Waals surface area contributed by atoms with E-state index in [1.807, 2.05) is 4.90 Å². The lowest BCUT2D eigenvalue weighted by Crippen LogP contribution is -2.49. The Morgan fingerprint density at radius 1 is 1.30 bits per heavy atom. The summed E-state index contributed by atoms with van der Waals surface area (Å²) in [5.74, 6) is -0.0402. The monoisotopic (exact) mass is 387 g/mol. The van der Waals surface area contributed by atoms with Gasteiger partial charge in [-0.15, -0.1) is 16.4 Å². The molecule has 0 saturated carbocycles. The number of amides is 1. The number of carbonyl (C=O) groups is 1. The maximum absolute atomic E-state index is 12.9. The summed E-state index contributed by atoms with van der Waals surface area (Å²) in [6, 6.07) is 0.405. The summed E-state index contributed by atoms with van der Waals surface area (Å²) >= 11 is 1.62. The summed E-state index contributed by atoms with van der Waals surface area (Å²) in [5, 5.41) is 5.47. The van der Waals surface area contributed by atoms with Crippen molar-refractivity contribution in [3.05, 3.63) is 27.3 Å². The molecule has 0 bridgehead atoms. The smallest absolute Gasteiger partial charge is 0.336 e. The van der Waals surface area contributed by atoms with Crippen LogP contribution in [0.4, 0.5) is 0 Å². The zero-order chi connectivity index (χ0) is 19.3. The van der Waals surface area contributed by atoms with Gasteiger partial charge in [0.05, 0.1) is 5.39 Å². The zero-order valence-corrected chi connectivity index (χ0v) is 17.0. The topological polar surface area (TPSA) is 72.5 Å². The number of hydrogen-bond donors (Lipinski definition) is 0. The third kappa shape index (κ3) is 2.86. The van der Waals surface area contributed by atoms with E-state index >= 15 is 0 Å².